The summed E-state index contributed by atoms with van der Waals surface area (Å²) in [7, 11) is 0. The number of rotatable bonds is 6. The Morgan fingerprint density at radius 1 is 1.47 bits per heavy atom. The van der Waals surface area contributed by atoms with Gasteiger partial charge < -0.3 is 5.73 Å². The van der Waals surface area contributed by atoms with Gasteiger partial charge in [-0.05, 0) is 30.7 Å². The molecule has 3 heteroatoms. The maximum absolute atomic E-state index is 6.00. The Morgan fingerprint density at radius 2 is 2.20 bits per heavy atom. The van der Waals surface area contributed by atoms with Crippen LogP contribution < -0.4 is 5.73 Å². The highest BCUT2D eigenvalue weighted by molar-refractivity contribution is 5.04. The molecule has 0 aliphatic heterocycles. The second-order valence-electron chi connectivity index (χ2n) is 4.56. The highest BCUT2D eigenvalue weighted by Crippen LogP contribution is 2.08. The van der Waals surface area contributed by atoms with Gasteiger partial charge in [-0.3, -0.25) is 4.68 Å². The van der Waals surface area contributed by atoms with E-state index < -0.39 is 0 Å². The largest absolute Gasteiger partial charge is 0.327 e. The normalized spacial score (nSPS) is 13.4. The third-order valence-corrected chi connectivity index (χ3v) is 2.76. The lowest BCUT2D eigenvalue weighted by Gasteiger charge is -2.14. The fraction of sp³-hybridized carbons (Fsp3) is 0.750. The average Bonchev–Trinajstić information content (AvgIpc) is 2.62. The van der Waals surface area contributed by atoms with E-state index in [1.807, 2.05) is 10.9 Å². The third-order valence-electron chi connectivity index (χ3n) is 2.76. The number of hydrogen-bond acceptors (Lipinski definition) is 2. The van der Waals surface area contributed by atoms with Gasteiger partial charge in [0.2, 0.25) is 0 Å². The summed E-state index contributed by atoms with van der Waals surface area (Å²) >= 11 is 0. The molecule has 1 aromatic heterocycles. The molecule has 0 radical (unpaired) electrons. The van der Waals surface area contributed by atoms with Gasteiger partial charge in [0.1, 0.15) is 0 Å². The van der Waals surface area contributed by atoms with Gasteiger partial charge in [0.05, 0.1) is 6.20 Å². The van der Waals surface area contributed by atoms with Crippen LogP contribution in [0, 0.1) is 5.92 Å². The maximum atomic E-state index is 6.00. The molecule has 1 unspecified atom stereocenters. The van der Waals surface area contributed by atoms with E-state index in [1.54, 1.807) is 0 Å². The molecular weight excluding hydrogens is 186 g/mol. The second-order valence-corrected chi connectivity index (χ2v) is 4.56. The highest BCUT2D eigenvalue weighted by Gasteiger charge is 2.08. The second kappa shape index (κ2) is 5.91. The van der Waals surface area contributed by atoms with Gasteiger partial charge in [-0.15, -0.1) is 0 Å². The summed E-state index contributed by atoms with van der Waals surface area (Å²) in [6, 6.07) is 0.305. The molecule has 0 aromatic carbocycles. The van der Waals surface area contributed by atoms with Crippen molar-refractivity contribution in [3.8, 4) is 0 Å². The lowest BCUT2D eigenvalue weighted by Crippen LogP contribution is -2.26. The van der Waals surface area contributed by atoms with E-state index in [0.717, 1.165) is 25.8 Å². The van der Waals surface area contributed by atoms with Gasteiger partial charge in [0.15, 0.2) is 0 Å². The van der Waals surface area contributed by atoms with Gasteiger partial charge in [-0.25, -0.2) is 0 Å². The van der Waals surface area contributed by atoms with E-state index in [9.17, 15) is 0 Å². The number of nitrogens with two attached hydrogens (primary N) is 1. The molecule has 0 spiro atoms. The van der Waals surface area contributed by atoms with Gasteiger partial charge in [-0.1, -0.05) is 20.8 Å². The molecule has 0 saturated heterocycles. The molecule has 0 aliphatic rings. The first kappa shape index (κ1) is 12.2. The predicted octanol–water partition coefficient (Wildman–Crippen LogP) is 2.21. The first-order chi connectivity index (χ1) is 7.13. The quantitative estimate of drug-likeness (QED) is 0.780. The summed E-state index contributed by atoms with van der Waals surface area (Å²) in [5.74, 6) is 0.565. The molecule has 0 saturated carbocycles. The SMILES string of the molecule is CCCn1cc(CCC(N)C(C)C)cn1. The molecule has 1 heterocycles. The van der Waals surface area contributed by atoms with Crippen molar-refractivity contribution in [2.45, 2.75) is 52.6 Å². The molecule has 1 rings (SSSR count). The van der Waals surface area contributed by atoms with Gasteiger partial charge >= 0.3 is 0 Å². The van der Waals surface area contributed by atoms with Crippen molar-refractivity contribution >= 4 is 0 Å². The summed E-state index contributed by atoms with van der Waals surface area (Å²) in [6.07, 6.45) is 7.32. The van der Waals surface area contributed by atoms with Crippen LogP contribution in [0.5, 0.6) is 0 Å². The molecular formula is C12H23N3. The Kier molecular flexibility index (Phi) is 4.82. The van der Waals surface area contributed by atoms with Crippen LogP contribution in [0.1, 0.15) is 39.2 Å². The minimum atomic E-state index is 0.305. The lowest BCUT2D eigenvalue weighted by molar-refractivity contribution is 0.464. The summed E-state index contributed by atoms with van der Waals surface area (Å²) in [4.78, 5) is 0. The number of nitrogens with zero attached hydrogens (tertiary/aromatic N) is 2. The third kappa shape index (κ3) is 4.04. The number of aryl methyl sites for hydroxylation is 2. The molecule has 0 amide bonds. The zero-order valence-electron chi connectivity index (χ0n) is 10.1. The molecule has 15 heavy (non-hydrogen) atoms. The smallest absolute Gasteiger partial charge is 0.0521 e. The van der Waals surface area contributed by atoms with Crippen LogP contribution in [0.25, 0.3) is 0 Å². The van der Waals surface area contributed by atoms with Crippen molar-refractivity contribution in [2.75, 3.05) is 0 Å². The van der Waals surface area contributed by atoms with Gasteiger partial charge in [0.25, 0.3) is 0 Å². The molecule has 0 aliphatic carbocycles. The molecule has 1 atom stereocenters. The molecule has 86 valence electrons. The van der Waals surface area contributed by atoms with Gasteiger partial charge in [0, 0.05) is 18.8 Å². The van der Waals surface area contributed by atoms with E-state index in [4.69, 9.17) is 5.73 Å². The van der Waals surface area contributed by atoms with Crippen LogP contribution in [0.2, 0.25) is 0 Å². The minimum absolute atomic E-state index is 0.305. The maximum Gasteiger partial charge on any atom is 0.0521 e. The summed E-state index contributed by atoms with van der Waals surface area (Å²) in [6.45, 7) is 7.52. The summed E-state index contributed by atoms with van der Waals surface area (Å²) in [5.41, 5.74) is 7.31. The number of hydrogen-bond donors (Lipinski definition) is 1. The summed E-state index contributed by atoms with van der Waals surface area (Å²) < 4.78 is 2.01. The van der Waals surface area contributed by atoms with Crippen molar-refractivity contribution in [3.63, 3.8) is 0 Å². The van der Waals surface area contributed by atoms with Crippen molar-refractivity contribution in [1.29, 1.82) is 0 Å². The Labute approximate surface area is 92.7 Å². The van der Waals surface area contributed by atoms with Crippen molar-refractivity contribution in [2.24, 2.45) is 11.7 Å². The van der Waals surface area contributed by atoms with Crippen LogP contribution in [0.15, 0.2) is 12.4 Å². The zero-order chi connectivity index (χ0) is 11.3. The topological polar surface area (TPSA) is 43.8 Å². The van der Waals surface area contributed by atoms with Crippen LogP contribution in [-0.4, -0.2) is 15.8 Å². The van der Waals surface area contributed by atoms with Gasteiger partial charge in [-0.2, -0.15) is 5.10 Å². The Morgan fingerprint density at radius 3 is 2.80 bits per heavy atom. The van der Waals surface area contributed by atoms with Crippen molar-refractivity contribution < 1.29 is 0 Å². The Bertz CT molecular complexity index is 278. The monoisotopic (exact) mass is 209 g/mol. The van der Waals surface area contributed by atoms with Crippen molar-refractivity contribution in [3.05, 3.63) is 18.0 Å². The zero-order valence-corrected chi connectivity index (χ0v) is 10.1. The molecule has 0 fully saturated rings. The van der Waals surface area contributed by atoms with Crippen LogP contribution in [0.3, 0.4) is 0 Å². The molecule has 0 bridgehead atoms. The number of aromatic nitrogens is 2. The lowest BCUT2D eigenvalue weighted by atomic mass is 9.99. The van der Waals surface area contributed by atoms with Crippen LogP contribution in [0.4, 0.5) is 0 Å². The first-order valence-corrected chi connectivity index (χ1v) is 5.90. The fourth-order valence-corrected chi connectivity index (χ4v) is 1.55. The molecule has 2 N–H and O–H groups in total. The van der Waals surface area contributed by atoms with E-state index >= 15 is 0 Å². The van der Waals surface area contributed by atoms with E-state index in [2.05, 4.69) is 32.1 Å². The Hall–Kier alpha value is -0.830. The summed E-state index contributed by atoms with van der Waals surface area (Å²) in [5, 5.41) is 4.30. The minimum Gasteiger partial charge on any atom is -0.327 e. The van der Waals surface area contributed by atoms with Crippen LogP contribution in [-0.2, 0) is 13.0 Å². The van der Waals surface area contributed by atoms with Crippen molar-refractivity contribution in [1.82, 2.24) is 9.78 Å². The first-order valence-electron chi connectivity index (χ1n) is 5.90. The molecule has 1 aromatic rings. The average molecular weight is 209 g/mol. The standard InChI is InChI=1S/C12H23N3/c1-4-7-15-9-11(8-14-15)5-6-12(13)10(2)3/h8-10,12H,4-7,13H2,1-3H3. The fourth-order valence-electron chi connectivity index (χ4n) is 1.55. The van der Waals surface area contributed by atoms with E-state index in [-0.39, 0.29) is 0 Å². The highest BCUT2D eigenvalue weighted by atomic mass is 15.3. The molecule has 3 nitrogen and oxygen atoms in total. The predicted molar refractivity (Wildman–Crippen MR) is 63.7 cm³/mol. The van der Waals surface area contributed by atoms with Crippen LogP contribution >= 0.6 is 0 Å². The Balaban J connectivity index is 2.37. The van der Waals surface area contributed by atoms with E-state index in [0.29, 0.717) is 12.0 Å². The van der Waals surface area contributed by atoms with E-state index in [1.165, 1.54) is 5.56 Å².